The molecule has 3 heteroatoms. The van der Waals surface area contributed by atoms with Crippen LogP contribution in [0.4, 0.5) is 0 Å². The molecule has 0 amide bonds. The van der Waals surface area contributed by atoms with E-state index in [9.17, 15) is 0 Å². The first-order chi connectivity index (χ1) is 6.91. The molecule has 0 aliphatic carbocycles. The van der Waals surface area contributed by atoms with E-state index in [0.29, 0.717) is 26.4 Å². The van der Waals surface area contributed by atoms with Crippen molar-refractivity contribution in [1.29, 1.82) is 0 Å². The van der Waals surface area contributed by atoms with Crippen molar-refractivity contribution in [2.45, 2.75) is 33.1 Å². The van der Waals surface area contributed by atoms with Gasteiger partial charge in [0.1, 0.15) is 0 Å². The van der Waals surface area contributed by atoms with E-state index in [0.717, 1.165) is 19.6 Å². The molecule has 0 unspecified atom stereocenters. The van der Waals surface area contributed by atoms with Gasteiger partial charge in [-0.05, 0) is 13.3 Å². The fourth-order valence-electron chi connectivity index (χ4n) is 1.04. The topological polar surface area (TPSA) is 27.7 Å². The third-order valence-corrected chi connectivity index (χ3v) is 1.84. The number of hydrogen-bond donors (Lipinski definition) is 0. The molecule has 0 spiro atoms. The van der Waals surface area contributed by atoms with Crippen LogP contribution >= 0.6 is 0 Å². The standard InChI is InChI=1S/C11H24O3/c1-3-5-6-7-13-10-11-14-9-8-12-4-2/h3-11H2,1-2H3. The maximum absolute atomic E-state index is 5.38. The first-order valence-electron chi connectivity index (χ1n) is 5.65. The SMILES string of the molecule is CCCCCOCCOCCOCC. The smallest absolute Gasteiger partial charge is 0.0701 e. The molecule has 0 aromatic rings. The molecule has 0 atom stereocenters. The molecule has 0 aromatic heterocycles. The summed E-state index contributed by atoms with van der Waals surface area (Å²) in [7, 11) is 0. The summed E-state index contributed by atoms with van der Waals surface area (Å²) in [6.07, 6.45) is 3.66. The minimum atomic E-state index is 0.673. The number of unbranched alkanes of at least 4 members (excludes halogenated alkanes) is 2. The summed E-state index contributed by atoms with van der Waals surface area (Å²) in [5.41, 5.74) is 0. The first-order valence-corrected chi connectivity index (χ1v) is 5.65. The van der Waals surface area contributed by atoms with Crippen LogP contribution in [0.15, 0.2) is 0 Å². The maximum Gasteiger partial charge on any atom is 0.0701 e. The van der Waals surface area contributed by atoms with Crippen molar-refractivity contribution in [3.05, 3.63) is 0 Å². The Morgan fingerprint density at radius 3 is 1.79 bits per heavy atom. The molecule has 0 aliphatic rings. The van der Waals surface area contributed by atoms with Gasteiger partial charge >= 0.3 is 0 Å². The van der Waals surface area contributed by atoms with Gasteiger partial charge in [-0.25, -0.2) is 0 Å². The van der Waals surface area contributed by atoms with E-state index in [2.05, 4.69) is 6.92 Å². The van der Waals surface area contributed by atoms with Crippen LogP contribution in [0.1, 0.15) is 33.1 Å². The maximum atomic E-state index is 5.38. The fourth-order valence-corrected chi connectivity index (χ4v) is 1.04. The largest absolute Gasteiger partial charge is 0.379 e. The molecule has 0 aliphatic heterocycles. The fraction of sp³-hybridized carbons (Fsp3) is 1.00. The van der Waals surface area contributed by atoms with Crippen molar-refractivity contribution in [3.8, 4) is 0 Å². The summed E-state index contributed by atoms with van der Waals surface area (Å²) in [4.78, 5) is 0. The number of hydrogen-bond acceptors (Lipinski definition) is 3. The quantitative estimate of drug-likeness (QED) is 0.483. The van der Waals surface area contributed by atoms with E-state index in [-0.39, 0.29) is 0 Å². The minimum absolute atomic E-state index is 0.673. The molecule has 0 fully saturated rings. The monoisotopic (exact) mass is 204 g/mol. The van der Waals surface area contributed by atoms with E-state index >= 15 is 0 Å². The van der Waals surface area contributed by atoms with Crippen LogP contribution in [0.3, 0.4) is 0 Å². The Labute approximate surface area is 87.7 Å². The predicted molar refractivity (Wildman–Crippen MR) is 57.7 cm³/mol. The average Bonchev–Trinajstić information content (AvgIpc) is 2.21. The number of rotatable bonds is 11. The lowest BCUT2D eigenvalue weighted by Crippen LogP contribution is -2.09. The summed E-state index contributed by atoms with van der Waals surface area (Å²) in [5.74, 6) is 0. The first kappa shape index (κ1) is 13.9. The van der Waals surface area contributed by atoms with Gasteiger partial charge in [0, 0.05) is 13.2 Å². The Morgan fingerprint density at radius 2 is 1.21 bits per heavy atom. The third kappa shape index (κ3) is 11.9. The van der Waals surface area contributed by atoms with E-state index in [4.69, 9.17) is 14.2 Å². The lowest BCUT2D eigenvalue weighted by atomic mass is 10.3. The zero-order chi connectivity index (χ0) is 10.5. The predicted octanol–water partition coefficient (Wildman–Crippen LogP) is 2.25. The molecular formula is C11H24O3. The molecule has 3 nitrogen and oxygen atoms in total. The zero-order valence-electron chi connectivity index (χ0n) is 9.59. The third-order valence-electron chi connectivity index (χ3n) is 1.84. The molecule has 0 rings (SSSR count). The van der Waals surface area contributed by atoms with E-state index < -0.39 is 0 Å². The van der Waals surface area contributed by atoms with Crippen LogP contribution in [0.5, 0.6) is 0 Å². The van der Waals surface area contributed by atoms with Crippen molar-refractivity contribution in [2.75, 3.05) is 39.6 Å². The summed E-state index contributed by atoms with van der Waals surface area (Å²) in [6, 6.07) is 0. The second-order valence-electron chi connectivity index (χ2n) is 3.13. The van der Waals surface area contributed by atoms with Crippen molar-refractivity contribution >= 4 is 0 Å². The van der Waals surface area contributed by atoms with Crippen LogP contribution in [0, 0.1) is 0 Å². The zero-order valence-corrected chi connectivity index (χ0v) is 9.59. The molecule has 0 bridgehead atoms. The van der Waals surface area contributed by atoms with Crippen molar-refractivity contribution in [3.63, 3.8) is 0 Å². The highest BCUT2D eigenvalue weighted by atomic mass is 16.5. The Morgan fingerprint density at radius 1 is 0.643 bits per heavy atom. The van der Waals surface area contributed by atoms with Gasteiger partial charge in [-0.2, -0.15) is 0 Å². The van der Waals surface area contributed by atoms with Gasteiger partial charge in [-0.1, -0.05) is 19.8 Å². The van der Waals surface area contributed by atoms with Gasteiger partial charge in [-0.15, -0.1) is 0 Å². The highest BCUT2D eigenvalue weighted by Crippen LogP contribution is 1.93. The summed E-state index contributed by atoms with van der Waals surface area (Å²) in [5, 5.41) is 0. The Bertz CT molecular complexity index is 84.5. The van der Waals surface area contributed by atoms with Crippen molar-refractivity contribution < 1.29 is 14.2 Å². The van der Waals surface area contributed by atoms with Gasteiger partial charge in [0.05, 0.1) is 26.4 Å². The Kier molecular flexibility index (Phi) is 12.8. The van der Waals surface area contributed by atoms with Crippen LogP contribution < -0.4 is 0 Å². The normalized spacial score (nSPS) is 10.7. The Balaban J connectivity index is 2.78. The molecule has 0 radical (unpaired) electrons. The Hall–Kier alpha value is -0.120. The van der Waals surface area contributed by atoms with Gasteiger partial charge in [0.25, 0.3) is 0 Å². The van der Waals surface area contributed by atoms with E-state index in [1.54, 1.807) is 0 Å². The molecule has 0 heterocycles. The molecule has 86 valence electrons. The van der Waals surface area contributed by atoms with Crippen molar-refractivity contribution in [2.24, 2.45) is 0 Å². The molecule has 14 heavy (non-hydrogen) atoms. The summed E-state index contributed by atoms with van der Waals surface area (Å²) >= 11 is 0. The molecular weight excluding hydrogens is 180 g/mol. The molecule has 0 N–H and O–H groups in total. The number of ether oxygens (including phenoxy) is 3. The van der Waals surface area contributed by atoms with Crippen LogP contribution in [-0.2, 0) is 14.2 Å². The highest BCUT2D eigenvalue weighted by molar-refractivity contribution is 4.37. The lowest BCUT2D eigenvalue weighted by Gasteiger charge is -2.05. The van der Waals surface area contributed by atoms with Gasteiger partial charge in [0.2, 0.25) is 0 Å². The average molecular weight is 204 g/mol. The molecule has 0 aromatic carbocycles. The molecule has 0 saturated carbocycles. The van der Waals surface area contributed by atoms with Gasteiger partial charge in [-0.3, -0.25) is 0 Å². The highest BCUT2D eigenvalue weighted by Gasteiger charge is 1.90. The molecule has 0 saturated heterocycles. The summed E-state index contributed by atoms with van der Waals surface area (Å²) in [6.45, 7) is 8.54. The van der Waals surface area contributed by atoms with Crippen molar-refractivity contribution in [1.82, 2.24) is 0 Å². The van der Waals surface area contributed by atoms with E-state index in [1.807, 2.05) is 6.92 Å². The van der Waals surface area contributed by atoms with Crippen LogP contribution in [0.25, 0.3) is 0 Å². The lowest BCUT2D eigenvalue weighted by molar-refractivity contribution is 0.0163. The second-order valence-corrected chi connectivity index (χ2v) is 3.13. The van der Waals surface area contributed by atoms with Crippen LogP contribution in [0.2, 0.25) is 0 Å². The van der Waals surface area contributed by atoms with Gasteiger partial charge < -0.3 is 14.2 Å². The summed E-state index contributed by atoms with van der Waals surface area (Å²) < 4.78 is 15.8. The second kappa shape index (κ2) is 12.9. The van der Waals surface area contributed by atoms with Crippen LogP contribution in [-0.4, -0.2) is 39.6 Å². The van der Waals surface area contributed by atoms with E-state index in [1.165, 1.54) is 12.8 Å². The minimum Gasteiger partial charge on any atom is -0.379 e. The van der Waals surface area contributed by atoms with Gasteiger partial charge in [0.15, 0.2) is 0 Å².